The summed E-state index contributed by atoms with van der Waals surface area (Å²) in [5, 5.41) is 0.527. The van der Waals surface area contributed by atoms with Crippen molar-refractivity contribution in [1.82, 2.24) is 0 Å². The van der Waals surface area contributed by atoms with Crippen LogP contribution in [-0.4, -0.2) is 6.03 Å². The van der Waals surface area contributed by atoms with Gasteiger partial charge in [0.15, 0.2) is 5.75 Å². The minimum atomic E-state index is -0.538. The standard InChI is InChI=1S/C14H11ClN2O2/c15-10-5-6-13-11(7-10)17(14(16)18)8-9-3-1-2-4-12(9)19-13/h1-7H,8H2,(H2,16,18). The minimum Gasteiger partial charge on any atom is -0.455 e. The molecule has 0 saturated heterocycles. The smallest absolute Gasteiger partial charge is 0.319 e. The average molecular weight is 275 g/mol. The topological polar surface area (TPSA) is 55.6 Å². The number of nitrogens with zero attached hydrogens (tertiary/aromatic N) is 1. The molecule has 0 aromatic heterocycles. The summed E-state index contributed by atoms with van der Waals surface area (Å²) >= 11 is 5.98. The third-order valence-electron chi connectivity index (χ3n) is 3.00. The highest BCUT2D eigenvalue weighted by molar-refractivity contribution is 6.31. The molecule has 1 heterocycles. The van der Waals surface area contributed by atoms with E-state index in [-0.39, 0.29) is 0 Å². The van der Waals surface area contributed by atoms with Gasteiger partial charge in [0.2, 0.25) is 0 Å². The summed E-state index contributed by atoms with van der Waals surface area (Å²) in [7, 11) is 0. The van der Waals surface area contributed by atoms with Crippen molar-refractivity contribution in [3.63, 3.8) is 0 Å². The van der Waals surface area contributed by atoms with Crippen LogP contribution in [0.5, 0.6) is 11.5 Å². The molecule has 0 aliphatic carbocycles. The van der Waals surface area contributed by atoms with Crippen LogP contribution in [0.1, 0.15) is 5.56 Å². The summed E-state index contributed by atoms with van der Waals surface area (Å²) in [5.74, 6) is 1.28. The summed E-state index contributed by atoms with van der Waals surface area (Å²) in [6.07, 6.45) is 0. The Morgan fingerprint density at radius 3 is 2.79 bits per heavy atom. The predicted molar refractivity (Wildman–Crippen MR) is 73.7 cm³/mol. The van der Waals surface area contributed by atoms with Crippen LogP contribution >= 0.6 is 11.6 Å². The average Bonchev–Trinajstić information content (AvgIpc) is 2.55. The number of hydrogen-bond donors (Lipinski definition) is 1. The Morgan fingerprint density at radius 2 is 2.00 bits per heavy atom. The maximum absolute atomic E-state index is 11.6. The molecule has 0 bridgehead atoms. The van der Waals surface area contributed by atoms with E-state index in [2.05, 4.69) is 0 Å². The molecule has 0 saturated carbocycles. The van der Waals surface area contributed by atoms with Gasteiger partial charge in [-0.05, 0) is 24.3 Å². The number of rotatable bonds is 0. The van der Waals surface area contributed by atoms with E-state index in [1.807, 2.05) is 24.3 Å². The Bertz CT molecular complexity index is 658. The van der Waals surface area contributed by atoms with Crippen molar-refractivity contribution in [2.45, 2.75) is 6.54 Å². The van der Waals surface area contributed by atoms with E-state index in [0.717, 1.165) is 11.3 Å². The number of hydrogen-bond acceptors (Lipinski definition) is 2. The molecule has 2 amide bonds. The zero-order chi connectivity index (χ0) is 13.4. The maximum atomic E-state index is 11.6. The quantitative estimate of drug-likeness (QED) is 0.799. The summed E-state index contributed by atoms with van der Waals surface area (Å²) in [6.45, 7) is 0.360. The Morgan fingerprint density at radius 1 is 1.21 bits per heavy atom. The molecule has 2 aromatic carbocycles. The van der Waals surface area contributed by atoms with Gasteiger partial charge >= 0.3 is 6.03 Å². The highest BCUT2D eigenvalue weighted by Crippen LogP contribution is 2.39. The first-order valence-corrected chi connectivity index (χ1v) is 6.15. The number of ether oxygens (including phenoxy) is 1. The highest BCUT2D eigenvalue weighted by atomic mass is 35.5. The minimum absolute atomic E-state index is 0.360. The Kier molecular flexibility index (Phi) is 2.80. The number of amides is 2. The second kappa shape index (κ2) is 4.48. The lowest BCUT2D eigenvalue weighted by Crippen LogP contribution is -2.34. The van der Waals surface area contributed by atoms with Gasteiger partial charge in [0.25, 0.3) is 0 Å². The van der Waals surface area contributed by atoms with E-state index in [0.29, 0.717) is 23.0 Å². The van der Waals surface area contributed by atoms with Gasteiger partial charge in [-0.1, -0.05) is 29.8 Å². The van der Waals surface area contributed by atoms with E-state index < -0.39 is 6.03 Å². The number of nitrogens with two attached hydrogens (primary N) is 1. The van der Waals surface area contributed by atoms with Crippen molar-refractivity contribution in [3.05, 3.63) is 53.1 Å². The molecule has 0 fully saturated rings. The van der Waals surface area contributed by atoms with Crippen molar-refractivity contribution in [1.29, 1.82) is 0 Å². The third-order valence-corrected chi connectivity index (χ3v) is 3.23. The SMILES string of the molecule is NC(=O)N1Cc2ccccc2Oc2ccc(Cl)cc21. The maximum Gasteiger partial charge on any atom is 0.319 e. The molecule has 5 heteroatoms. The second-order valence-corrected chi connectivity index (χ2v) is 4.68. The van der Waals surface area contributed by atoms with Gasteiger partial charge in [-0.3, -0.25) is 4.90 Å². The lowest BCUT2D eigenvalue weighted by atomic mass is 10.2. The van der Waals surface area contributed by atoms with Crippen molar-refractivity contribution < 1.29 is 9.53 Å². The molecule has 4 nitrogen and oxygen atoms in total. The van der Waals surface area contributed by atoms with Gasteiger partial charge in [0, 0.05) is 10.6 Å². The van der Waals surface area contributed by atoms with Crippen LogP contribution < -0.4 is 15.4 Å². The molecule has 0 unspecified atom stereocenters. The number of carbonyl (C=O) groups is 1. The number of urea groups is 1. The molecular weight excluding hydrogens is 264 g/mol. The number of halogens is 1. The first-order chi connectivity index (χ1) is 9.15. The molecule has 1 aliphatic rings. The van der Waals surface area contributed by atoms with Gasteiger partial charge in [0.1, 0.15) is 5.75 Å². The summed E-state index contributed by atoms with van der Waals surface area (Å²) in [6, 6.07) is 12.1. The van der Waals surface area contributed by atoms with Crippen LogP contribution in [0.3, 0.4) is 0 Å². The fourth-order valence-electron chi connectivity index (χ4n) is 2.09. The predicted octanol–water partition coefficient (Wildman–Crippen LogP) is 3.53. The Labute approximate surface area is 115 Å². The number of benzene rings is 2. The molecule has 0 atom stereocenters. The number of anilines is 1. The van der Waals surface area contributed by atoms with E-state index in [1.165, 1.54) is 4.90 Å². The van der Waals surface area contributed by atoms with Crippen LogP contribution in [0.25, 0.3) is 0 Å². The summed E-state index contributed by atoms with van der Waals surface area (Å²) < 4.78 is 5.83. The van der Waals surface area contributed by atoms with Crippen LogP contribution in [0.4, 0.5) is 10.5 Å². The van der Waals surface area contributed by atoms with Crippen molar-refractivity contribution in [2.75, 3.05) is 4.90 Å². The zero-order valence-corrected chi connectivity index (χ0v) is 10.7. The van der Waals surface area contributed by atoms with Crippen molar-refractivity contribution in [3.8, 4) is 11.5 Å². The number of primary amides is 1. The van der Waals surface area contributed by atoms with Crippen LogP contribution in [0.2, 0.25) is 5.02 Å². The van der Waals surface area contributed by atoms with Crippen molar-refractivity contribution >= 4 is 23.3 Å². The molecule has 1 aliphatic heterocycles. The first kappa shape index (κ1) is 11.9. The Hall–Kier alpha value is -2.20. The monoisotopic (exact) mass is 274 g/mol. The van der Waals surface area contributed by atoms with Crippen LogP contribution in [0.15, 0.2) is 42.5 Å². The fraction of sp³-hybridized carbons (Fsp3) is 0.0714. The van der Waals surface area contributed by atoms with Gasteiger partial charge in [0.05, 0.1) is 12.2 Å². The lowest BCUT2D eigenvalue weighted by molar-refractivity contribution is 0.253. The largest absolute Gasteiger partial charge is 0.455 e. The van der Waals surface area contributed by atoms with Crippen LogP contribution in [0, 0.1) is 0 Å². The number of carbonyl (C=O) groups excluding carboxylic acids is 1. The molecule has 0 radical (unpaired) electrons. The van der Waals surface area contributed by atoms with Crippen LogP contribution in [-0.2, 0) is 6.54 Å². The molecule has 2 N–H and O–H groups in total. The van der Waals surface area contributed by atoms with Gasteiger partial charge in [-0.2, -0.15) is 0 Å². The van der Waals surface area contributed by atoms with E-state index in [1.54, 1.807) is 18.2 Å². The van der Waals surface area contributed by atoms with E-state index >= 15 is 0 Å². The summed E-state index contributed by atoms with van der Waals surface area (Å²) in [5.41, 5.74) is 6.92. The first-order valence-electron chi connectivity index (χ1n) is 5.77. The second-order valence-electron chi connectivity index (χ2n) is 4.25. The molecule has 96 valence electrons. The van der Waals surface area contributed by atoms with Gasteiger partial charge < -0.3 is 10.5 Å². The number of para-hydroxylation sites is 1. The molecular formula is C14H11ClN2O2. The zero-order valence-electron chi connectivity index (χ0n) is 9.97. The summed E-state index contributed by atoms with van der Waals surface area (Å²) in [4.78, 5) is 13.1. The van der Waals surface area contributed by atoms with Gasteiger partial charge in [-0.25, -0.2) is 4.79 Å². The van der Waals surface area contributed by atoms with Gasteiger partial charge in [-0.15, -0.1) is 0 Å². The van der Waals surface area contributed by atoms with E-state index in [9.17, 15) is 4.79 Å². The molecule has 3 rings (SSSR count). The third kappa shape index (κ3) is 2.11. The molecule has 19 heavy (non-hydrogen) atoms. The lowest BCUT2D eigenvalue weighted by Gasteiger charge is -2.19. The Balaban J connectivity index is 2.18. The van der Waals surface area contributed by atoms with E-state index in [4.69, 9.17) is 22.1 Å². The normalized spacial score (nSPS) is 13.0. The number of fused-ring (bicyclic) bond motifs is 2. The van der Waals surface area contributed by atoms with Crippen molar-refractivity contribution in [2.24, 2.45) is 5.73 Å². The highest BCUT2D eigenvalue weighted by Gasteiger charge is 2.23. The fourth-order valence-corrected chi connectivity index (χ4v) is 2.26. The molecule has 2 aromatic rings. The molecule has 0 spiro atoms.